The van der Waals surface area contributed by atoms with Gasteiger partial charge in [0.2, 0.25) is 11.8 Å². The van der Waals surface area contributed by atoms with Crippen molar-refractivity contribution in [1.29, 1.82) is 0 Å². The van der Waals surface area contributed by atoms with Crippen LogP contribution in [0.4, 0.5) is 11.4 Å². The van der Waals surface area contributed by atoms with Gasteiger partial charge in [0.25, 0.3) is 0 Å². The Bertz CT molecular complexity index is 642. The Balaban J connectivity index is 2.15. The van der Waals surface area contributed by atoms with Crippen LogP contribution in [-0.4, -0.2) is 22.9 Å². The van der Waals surface area contributed by atoms with Crippen molar-refractivity contribution < 1.29 is 19.5 Å². The number of rotatable bonds is 5. The van der Waals surface area contributed by atoms with Gasteiger partial charge in [-0.1, -0.05) is 25.8 Å². The van der Waals surface area contributed by atoms with Crippen LogP contribution in [0.5, 0.6) is 0 Å². The van der Waals surface area contributed by atoms with Crippen molar-refractivity contribution in [2.45, 2.75) is 46.0 Å². The molecule has 1 saturated carbocycles. The Kier molecular flexibility index (Phi) is 5.95. The van der Waals surface area contributed by atoms with Crippen molar-refractivity contribution in [3.63, 3.8) is 0 Å². The molecule has 0 aromatic heterocycles. The highest BCUT2D eigenvalue weighted by Gasteiger charge is 2.35. The molecular formula is C18H24N2O4. The van der Waals surface area contributed by atoms with E-state index in [4.69, 9.17) is 0 Å². The summed E-state index contributed by atoms with van der Waals surface area (Å²) < 4.78 is 0. The van der Waals surface area contributed by atoms with Crippen LogP contribution in [0.2, 0.25) is 0 Å². The molecule has 0 bridgehead atoms. The lowest BCUT2D eigenvalue weighted by molar-refractivity contribution is -0.147. The molecule has 1 aliphatic rings. The first-order chi connectivity index (χ1) is 11.4. The summed E-state index contributed by atoms with van der Waals surface area (Å²) in [5.41, 5.74) is 2.01. The molecular weight excluding hydrogens is 308 g/mol. The largest absolute Gasteiger partial charge is 0.481 e. The first-order valence-electron chi connectivity index (χ1n) is 8.37. The van der Waals surface area contributed by atoms with Crippen LogP contribution in [0.15, 0.2) is 18.2 Å². The third kappa shape index (κ3) is 4.13. The molecule has 2 amide bonds. The van der Waals surface area contributed by atoms with Crippen molar-refractivity contribution in [2.24, 2.45) is 11.8 Å². The van der Waals surface area contributed by atoms with E-state index >= 15 is 0 Å². The fourth-order valence-corrected chi connectivity index (χ4v) is 3.11. The highest BCUT2D eigenvalue weighted by atomic mass is 16.4. The molecule has 0 unspecified atom stereocenters. The predicted molar refractivity (Wildman–Crippen MR) is 91.8 cm³/mol. The number of benzene rings is 1. The zero-order valence-corrected chi connectivity index (χ0v) is 14.1. The van der Waals surface area contributed by atoms with Gasteiger partial charge in [-0.2, -0.15) is 0 Å². The Hall–Kier alpha value is -2.37. The van der Waals surface area contributed by atoms with Crippen molar-refractivity contribution in [3.05, 3.63) is 23.8 Å². The third-order valence-electron chi connectivity index (χ3n) is 4.61. The van der Waals surface area contributed by atoms with E-state index in [0.717, 1.165) is 18.4 Å². The molecule has 6 nitrogen and oxygen atoms in total. The summed E-state index contributed by atoms with van der Waals surface area (Å²) in [7, 11) is 0. The maximum Gasteiger partial charge on any atom is 0.307 e. The second-order valence-electron chi connectivity index (χ2n) is 6.20. The van der Waals surface area contributed by atoms with Gasteiger partial charge in [-0.15, -0.1) is 0 Å². The number of carboxylic acids is 1. The number of hydrogen-bond donors (Lipinski definition) is 3. The monoisotopic (exact) mass is 332 g/mol. The molecule has 1 aromatic carbocycles. The Morgan fingerprint density at radius 3 is 2.25 bits per heavy atom. The molecule has 1 aliphatic carbocycles. The fraction of sp³-hybridized carbons (Fsp3) is 0.500. The molecule has 6 heteroatoms. The van der Waals surface area contributed by atoms with Gasteiger partial charge >= 0.3 is 5.97 Å². The number of amides is 2. The summed E-state index contributed by atoms with van der Waals surface area (Å²) >= 11 is 0. The predicted octanol–water partition coefficient (Wildman–Crippen LogP) is 3.17. The maximum absolute atomic E-state index is 12.6. The van der Waals surface area contributed by atoms with Gasteiger partial charge in [0.15, 0.2) is 0 Å². The van der Waals surface area contributed by atoms with Crippen molar-refractivity contribution in [3.8, 4) is 0 Å². The number of carbonyl (C=O) groups is 3. The lowest BCUT2D eigenvalue weighted by Gasteiger charge is -2.27. The minimum Gasteiger partial charge on any atom is -0.481 e. The van der Waals surface area contributed by atoms with E-state index in [9.17, 15) is 19.5 Å². The molecule has 0 aliphatic heterocycles. The van der Waals surface area contributed by atoms with Gasteiger partial charge in [-0.25, -0.2) is 0 Å². The van der Waals surface area contributed by atoms with E-state index in [1.807, 2.05) is 6.92 Å². The van der Waals surface area contributed by atoms with Crippen LogP contribution < -0.4 is 10.6 Å². The summed E-state index contributed by atoms with van der Waals surface area (Å²) in [6, 6.07) is 5.29. The second-order valence-corrected chi connectivity index (χ2v) is 6.20. The number of carboxylic acid groups (broad SMARTS) is 1. The first kappa shape index (κ1) is 18.0. The lowest BCUT2D eigenvalue weighted by Crippen LogP contribution is -2.36. The Morgan fingerprint density at radius 1 is 1.08 bits per heavy atom. The SMILES string of the molecule is CCC(=O)Nc1cccc(NC(=O)[C@H]2CCCC[C@@H]2C(=O)O)c1C. The van der Waals surface area contributed by atoms with Crippen LogP contribution >= 0.6 is 0 Å². The van der Waals surface area contributed by atoms with Crippen LogP contribution in [0.25, 0.3) is 0 Å². The fourth-order valence-electron chi connectivity index (χ4n) is 3.11. The molecule has 0 heterocycles. The summed E-state index contributed by atoms with van der Waals surface area (Å²) in [5, 5.41) is 15.0. The number of anilines is 2. The standard InChI is InChI=1S/C18H24N2O4/c1-3-16(21)19-14-9-6-10-15(11(14)2)20-17(22)12-7-4-5-8-13(12)18(23)24/h6,9-10,12-13H,3-5,7-8H2,1-2H3,(H,19,21)(H,20,22)(H,23,24)/t12-,13-/m0/s1. The molecule has 2 rings (SSSR count). The van der Waals surface area contributed by atoms with E-state index in [2.05, 4.69) is 10.6 Å². The molecule has 3 N–H and O–H groups in total. The Morgan fingerprint density at radius 2 is 1.67 bits per heavy atom. The summed E-state index contributed by atoms with van der Waals surface area (Å²) in [4.78, 5) is 35.5. The van der Waals surface area contributed by atoms with Gasteiger partial charge in [0, 0.05) is 17.8 Å². The first-order valence-corrected chi connectivity index (χ1v) is 8.37. The quantitative estimate of drug-likeness (QED) is 0.771. The summed E-state index contributed by atoms with van der Waals surface area (Å²) in [5.74, 6) is -2.40. The van der Waals surface area contributed by atoms with E-state index < -0.39 is 17.8 Å². The van der Waals surface area contributed by atoms with E-state index in [0.29, 0.717) is 30.6 Å². The van der Waals surface area contributed by atoms with Crippen LogP contribution in [0.3, 0.4) is 0 Å². The average Bonchev–Trinajstić information content (AvgIpc) is 2.58. The third-order valence-corrected chi connectivity index (χ3v) is 4.61. The molecule has 0 radical (unpaired) electrons. The summed E-state index contributed by atoms with van der Waals surface area (Å²) in [6.07, 6.45) is 3.22. The van der Waals surface area contributed by atoms with Gasteiger partial charge in [0.05, 0.1) is 11.8 Å². The van der Waals surface area contributed by atoms with Crippen molar-refractivity contribution in [2.75, 3.05) is 10.6 Å². The molecule has 1 fully saturated rings. The highest BCUT2D eigenvalue weighted by molar-refractivity contribution is 5.98. The van der Waals surface area contributed by atoms with E-state index in [1.165, 1.54) is 0 Å². The lowest BCUT2D eigenvalue weighted by atomic mass is 9.78. The minimum atomic E-state index is -0.907. The number of hydrogen-bond acceptors (Lipinski definition) is 3. The molecule has 130 valence electrons. The number of carbonyl (C=O) groups excluding carboxylic acids is 2. The second kappa shape index (κ2) is 7.95. The van der Waals surface area contributed by atoms with E-state index in [1.54, 1.807) is 25.1 Å². The molecule has 1 aromatic rings. The number of aliphatic carboxylic acids is 1. The molecule has 0 spiro atoms. The topological polar surface area (TPSA) is 95.5 Å². The van der Waals surface area contributed by atoms with Gasteiger partial charge in [-0.05, 0) is 37.5 Å². The zero-order valence-electron chi connectivity index (χ0n) is 14.1. The normalized spacial score (nSPS) is 20.2. The average molecular weight is 332 g/mol. The van der Waals surface area contributed by atoms with Crippen molar-refractivity contribution >= 4 is 29.2 Å². The van der Waals surface area contributed by atoms with Crippen LogP contribution in [-0.2, 0) is 14.4 Å². The Labute approximate surface area is 141 Å². The maximum atomic E-state index is 12.6. The molecule has 2 atom stereocenters. The zero-order chi connectivity index (χ0) is 17.7. The summed E-state index contributed by atoms with van der Waals surface area (Å²) in [6.45, 7) is 3.59. The van der Waals surface area contributed by atoms with Gasteiger partial charge < -0.3 is 15.7 Å². The van der Waals surface area contributed by atoms with Crippen LogP contribution in [0.1, 0.15) is 44.6 Å². The smallest absolute Gasteiger partial charge is 0.307 e. The van der Waals surface area contributed by atoms with Crippen LogP contribution in [0, 0.1) is 18.8 Å². The number of nitrogens with one attached hydrogen (secondary N) is 2. The van der Waals surface area contributed by atoms with Gasteiger partial charge in [-0.3, -0.25) is 14.4 Å². The highest BCUT2D eigenvalue weighted by Crippen LogP contribution is 2.32. The van der Waals surface area contributed by atoms with Crippen molar-refractivity contribution in [1.82, 2.24) is 0 Å². The molecule has 0 saturated heterocycles. The van der Waals surface area contributed by atoms with Gasteiger partial charge in [0.1, 0.15) is 0 Å². The minimum absolute atomic E-state index is 0.0974. The molecule has 24 heavy (non-hydrogen) atoms. The van der Waals surface area contributed by atoms with E-state index in [-0.39, 0.29) is 11.8 Å².